The fourth-order valence-electron chi connectivity index (χ4n) is 1.08. The van der Waals surface area contributed by atoms with Gasteiger partial charge in [-0.15, -0.1) is 0 Å². The molecule has 0 aliphatic heterocycles. The van der Waals surface area contributed by atoms with Gasteiger partial charge >= 0.3 is 0 Å². The predicted molar refractivity (Wildman–Crippen MR) is 48.5 cm³/mol. The highest BCUT2D eigenvalue weighted by Crippen LogP contribution is 2.02. The minimum Gasteiger partial charge on any atom is -0.289 e. The first-order valence-electron chi connectivity index (χ1n) is 4.19. The highest BCUT2D eigenvalue weighted by atomic mass is 15.1. The molecule has 0 saturated heterocycles. The van der Waals surface area contributed by atoms with Crippen LogP contribution in [0.2, 0.25) is 0 Å². The normalized spacial score (nSPS) is 10.2. The predicted octanol–water partition coefficient (Wildman–Crippen LogP) is 1.22. The van der Waals surface area contributed by atoms with Crippen molar-refractivity contribution in [3.63, 3.8) is 0 Å². The molecule has 0 aliphatic carbocycles. The average Bonchev–Trinajstić information content (AvgIpc) is 2.71. The van der Waals surface area contributed by atoms with E-state index in [9.17, 15) is 0 Å². The number of aromatic nitrogens is 4. The monoisotopic (exact) mass is 174 g/mol. The molecule has 0 spiro atoms. The maximum atomic E-state index is 4.39. The third-order valence-electron chi connectivity index (χ3n) is 1.80. The van der Waals surface area contributed by atoms with Gasteiger partial charge in [-0.2, -0.15) is 0 Å². The molecule has 2 aromatic rings. The van der Waals surface area contributed by atoms with Crippen molar-refractivity contribution in [3.8, 4) is 5.82 Å². The van der Waals surface area contributed by atoms with Gasteiger partial charge in [0.2, 0.25) is 0 Å². The van der Waals surface area contributed by atoms with Crippen molar-refractivity contribution in [1.82, 2.24) is 19.5 Å². The molecule has 0 aliphatic rings. The first kappa shape index (κ1) is 7.91. The molecule has 0 aromatic carbocycles. The third kappa shape index (κ3) is 1.56. The van der Waals surface area contributed by atoms with Crippen LogP contribution >= 0.6 is 0 Å². The molecule has 4 nitrogen and oxygen atoms in total. The van der Waals surface area contributed by atoms with Crippen molar-refractivity contribution in [2.24, 2.45) is 0 Å². The van der Waals surface area contributed by atoms with Gasteiger partial charge in [-0.25, -0.2) is 9.97 Å². The van der Waals surface area contributed by atoms with Crippen molar-refractivity contribution in [3.05, 3.63) is 36.8 Å². The van der Waals surface area contributed by atoms with E-state index in [4.69, 9.17) is 0 Å². The Labute approximate surface area is 76.3 Å². The van der Waals surface area contributed by atoms with Gasteiger partial charge in [0, 0.05) is 18.6 Å². The molecule has 13 heavy (non-hydrogen) atoms. The van der Waals surface area contributed by atoms with Gasteiger partial charge in [-0.05, 0) is 6.42 Å². The lowest BCUT2D eigenvalue weighted by Crippen LogP contribution is -1.98. The highest BCUT2D eigenvalue weighted by Gasteiger charge is 1.97. The summed E-state index contributed by atoms with van der Waals surface area (Å²) in [5.74, 6) is 0.817. The molecule has 4 heteroatoms. The zero-order chi connectivity index (χ0) is 9.10. The lowest BCUT2D eigenvalue weighted by Gasteiger charge is -2.01. The Morgan fingerprint density at radius 3 is 2.92 bits per heavy atom. The second kappa shape index (κ2) is 3.35. The van der Waals surface area contributed by atoms with Gasteiger partial charge in [-0.1, -0.05) is 6.92 Å². The van der Waals surface area contributed by atoms with E-state index in [0.717, 1.165) is 17.9 Å². The molecule has 2 aromatic heterocycles. The summed E-state index contributed by atoms with van der Waals surface area (Å²) < 4.78 is 1.84. The molecular formula is C9H10N4. The van der Waals surface area contributed by atoms with Gasteiger partial charge in [0.15, 0.2) is 5.82 Å². The Bertz CT molecular complexity index is 380. The van der Waals surface area contributed by atoms with E-state index in [1.165, 1.54) is 0 Å². The molecule has 0 atom stereocenters. The van der Waals surface area contributed by atoms with Crippen LogP contribution in [0.3, 0.4) is 0 Å². The van der Waals surface area contributed by atoms with E-state index >= 15 is 0 Å². The second-order valence-electron chi connectivity index (χ2n) is 2.69. The lowest BCUT2D eigenvalue weighted by atomic mass is 10.3. The summed E-state index contributed by atoms with van der Waals surface area (Å²) in [4.78, 5) is 12.4. The lowest BCUT2D eigenvalue weighted by molar-refractivity contribution is 0.915. The van der Waals surface area contributed by atoms with E-state index in [1.807, 2.05) is 10.8 Å². The first-order valence-corrected chi connectivity index (χ1v) is 4.19. The van der Waals surface area contributed by atoms with Crippen LogP contribution in [-0.4, -0.2) is 19.5 Å². The van der Waals surface area contributed by atoms with Crippen LogP contribution in [0.1, 0.15) is 12.6 Å². The number of aryl methyl sites for hydroxylation is 1. The molecule has 0 saturated carbocycles. The van der Waals surface area contributed by atoms with E-state index < -0.39 is 0 Å². The van der Waals surface area contributed by atoms with Gasteiger partial charge in [0.1, 0.15) is 6.33 Å². The summed E-state index contributed by atoms with van der Waals surface area (Å²) in [5, 5.41) is 0. The zero-order valence-corrected chi connectivity index (χ0v) is 7.38. The molecule has 0 fully saturated rings. The standard InChI is InChI=1S/C9H10N4/c1-2-8-5-11-6-9(12-8)13-4-3-10-7-13/h3-7H,2H2,1H3. The van der Waals surface area contributed by atoms with Crippen molar-refractivity contribution in [2.75, 3.05) is 0 Å². The minimum absolute atomic E-state index is 0.817. The minimum atomic E-state index is 0.817. The molecule has 0 amide bonds. The summed E-state index contributed by atoms with van der Waals surface area (Å²) in [5.41, 5.74) is 0.992. The Balaban J connectivity index is 2.41. The molecule has 2 heterocycles. The van der Waals surface area contributed by atoms with Crippen molar-refractivity contribution in [2.45, 2.75) is 13.3 Å². The summed E-state index contributed by atoms with van der Waals surface area (Å²) in [6, 6.07) is 0. The van der Waals surface area contributed by atoms with Gasteiger partial charge in [0.25, 0.3) is 0 Å². The summed E-state index contributed by atoms with van der Waals surface area (Å²) in [6.45, 7) is 2.06. The van der Waals surface area contributed by atoms with Crippen LogP contribution in [0.15, 0.2) is 31.1 Å². The molecule has 0 radical (unpaired) electrons. The smallest absolute Gasteiger partial charge is 0.156 e. The highest BCUT2D eigenvalue weighted by molar-refractivity contribution is 5.19. The Kier molecular flexibility index (Phi) is 2.04. The summed E-state index contributed by atoms with van der Waals surface area (Å²) in [7, 11) is 0. The van der Waals surface area contributed by atoms with Crippen LogP contribution < -0.4 is 0 Å². The Morgan fingerprint density at radius 1 is 1.31 bits per heavy atom. The molecule has 0 bridgehead atoms. The quantitative estimate of drug-likeness (QED) is 0.687. The molecule has 0 unspecified atom stereocenters. The Hall–Kier alpha value is -1.71. The number of rotatable bonds is 2. The first-order chi connectivity index (χ1) is 6.40. The molecule has 66 valence electrons. The van der Waals surface area contributed by atoms with E-state index in [-0.39, 0.29) is 0 Å². The maximum Gasteiger partial charge on any atom is 0.156 e. The van der Waals surface area contributed by atoms with E-state index in [1.54, 1.807) is 24.9 Å². The fourth-order valence-corrected chi connectivity index (χ4v) is 1.08. The van der Waals surface area contributed by atoms with Crippen LogP contribution in [0.25, 0.3) is 5.82 Å². The molecular weight excluding hydrogens is 164 g/mol. The van der Waals surface area contributed by atoms with Crippen molar-refractivity contribution in [1.29, 1.82) is 0 Å². The zero-order valence-electron chi connectivity index (χ0n) is 7.38. The maximum absolute atomic E-state index is 4.39. The van der Waals surface area contributed by atoms with Crippen molar-refractivity contribution >= 4 is 0 Å². The number of hydrogen-bond donors (Lipinski definition) is 0. The third-order valence-corrected chi connectivity index (χ3v) is 1.80. The topological polar surface area (TPSA) is 43.6 Å². The van der Waals surface area contributed by atoms with Gasteiger partial charge < -0.3 is 0 Å². The fraction of sp³-hybridized carbons (Fsp3) is 0.222. The summed E-state index contributed by atoms with van der Waals surface area (Å²) in [6.07, 6.45) is 9.68. The van der Waals surface area contributed by atoms with Crippen LogP contribution in [0.4, 0.5) is 0 Å². The van der Waals surface area contributed by atoms with E-state index in [2.05, 4.69) is 21.9 Å². The largest absolute Gasteiger partial charge is 0.289 e. The Morgan fingerprint density at radius 2 is 2.23 bits per heavy atom. The van der Waals surface area contributed by atoms with Crippen molar-refractivity contribution < 1.29 is 0 Å². The second-order valence-corrected chi connectivity index (χ2v) is 2.69. The van der Waals surface area contributed by atoms with Gasteiger partial charge in [0.05, 0.1) is 11.9 Å². The summed E-state index contributed by atoms with van der Waals surface area (Å²) >= 11 is 0. The number of hydrogen-bond acceptors (Lipinski definition) is 3. The molecule has 2 rings (SSSR count). The van der Waals surface area contributed by atoms with Crippen LogP contribution in [0, 0.1) is 0 Å². The van der Waals surface area contributed by atoms with E-state index in [0.29, 0.717) is 0 Å². The SMILES string of the molecule is CCc1cncc(-n2ccnc2)n1. The van der Waals surface area contributed by atoms with Crippen LogP contribution in [0.5, 0.6) is 0 Å². The molecule has 0 N–H and O–H groups in total. The average molecular weight is 174 g/mol. The number of nitrogens with zero attached hydrogens (tertiary/aromatic N) is 4. The van der Waals surface area contributed by atoms with Gasteiger partial charge in [-0.3, -0.25) is 9.55 Å². The van der Waals surface area contributed by atoms with Crippen LogP contribution in [-0.2, 0) is 6.42 Å². The number of imidazole rings is 1.